The van der Waals surface area contributed by atoms with Crippen LogP contribution in [0.15, 0.2) is 37.0 Å². The topological polar surface area (TPSA) is 53.3 Å². The van der Waals surface area contributed by atoms with Crippen molar-refractivity contribution in [1.82, 2.24) is 9.55 Å². The molecular weight excluding hydrogens is 292 g/mol. The van der Waals surface area contributed by atoms with Crippen LogP contribution in [0.1, 0.15) is 16.3 Å². The largest absolute Gasteiger partial charge is 0.492 e. The van der Waals surface area contributed by atoms with E-state index in [0.717, 1.165) is 0 Å². The van der Waals surface area contributed by atoms with Gasteiger partial charge < -0.3 is 14.0 Å². The Morgan fingerprint density at radius 1 is 1.43 bits per heavy atom. The summed E-state index contributed by atoms with van der Waals surface area (Å²) >= 11 is 5.81. The fourth-order valence-electron chi connectivity index (χ4n) is 1.84. The summed E-state index contributed by atoms with van der Waals surface area (Å²) in [5.41, 5.74) is 0.368. The molecule has 1 heterocycles. The van der Waals surface area contributed by atoms with E-state index in [1.54, 1.807) is 34.9 Å². The molecule has 0 atom stereocenters. The van der Waals surface area contributed by atoms with E-state index in [-0.39, 0.29) is 0 Å². The van der Waals surface area contributed by atoms with Crippen LogP contribution in [0, 0.1) is 0 Å². The van der Waals surface area contributed by atoms with Gasteiger partial charge in [0, 0.05) is 5.02 Å². The summed E-state index contributed by atoms with van der Waals surface area (Å²) in [6.07, 6.45) is 3.04. The molecule has 5 nitrogen and oxygen atoms in total. The van der Waals surface area contributed by atoms with Crippen LogP contribution in [-0.2, 0) is 11.3 Å². The number of methoxy groups -OCH3 is 1. The molecule has 0 saturated carbocycles. The Hall–Kier alpha value is -2.27. The minimum atomic E-state index is -0.443. The predicted octanol–water partition coefficient (Wildman–Crippen LogP) is 3.05. The van der Waals surface area contributed by atoms with Gasteiger partial charge in [0.05, 0.1) is 19.9 Å². The summed E-state index contributed by atoms with van der Waals surface area (Å²) < 4.78 is 12.0. The predicted molar refractivity (Wildman–Crippen MR) is 80.6 cm³/mol. The van der Waals surface area contributed by atoms with Crippen molar-refractivity contribution in [2.45, 2.75) is 6.54 Å². The van der Waals surface area contributed by atoms with E-state index in [4.69, 9.17) is 21.1 Å². The maximum Gasteiger partial charge on any atom is 0.356 e. The first kappa shape index (κ1) is 15.1. The van der Waals surface area contributed by atoms with Gasteiger partial charge in [-0.3, -0.25) is 0 Å². The molecule has 110 valence electrons. The van der Waals surface area contributed by atoms with E-state index in [9.17, 15) is 4.79 Å². The fourth-order valence-corrected chi connectivity index (χ4v) is 1.97. The number of halogens is 1. The van der Waals surface area contributed by atoms with Gasteiger partial charge in [0.2, 0.25) is 0 Å². The van der Waals surface area contributed by atoms with Crippen molar-refractivity contribution < 1.29 is 14.3 Å². The van der Waals surface area contributed by atoms with Crippen LogP contribution in [0.2, 0.25) is 5.02 Å². The highest BCUT2D eigenvalue weighted by molar-refractivity contribution is 6.30. The van der Waals surface area contributed by atoms with Crippen molar-refractivity contribution >= 4 is 23.6 Å². The molecule has 0 spiro atoms. The Labute approximate surface area is 127 Å². The van der Waals surface area contributed by atoms with Gasteiger partial charge in [-0.15, -0.1) is 0 Å². The van der Waals surface area contributed by atoms with Crippen LogP contribution in [0.4, 0.5) is 0 Å². The standard InChI is InChI=1S/C15H15ClN2O3/c1-3-14-17-10-13(15(19)20-2)18(14)8-9-21-12-6-4-11(16)5-7-12/h3-7,10H,1,8-9H2,2H3. The first-order valence-corrected chi connectivity index (χ1v) is 6.68. The van der Waals surface area contributed by atoms with Crippen molar-refractivity contribution in [3.63, 3.8) is 0 Å². The lowest BCUT2D eigenvalue weighted by atomic mass is 10.3. The number of rotatable bonds is 6. The minimum absolute atomic E-state index is 0.368. The fraction of sp³-hybridized carbons (Fsp3) is 0.200. The second kappa shape index (κ2) is 6.95. The average molecular weight is 307 g/mol. The molecule has 0 aliphatic heterocycles. The molecule has 0 fully saturated rings. The molecular formula is C15H15ClN2O3. The van der Waals surface area contributed by atoms with Crippen molar-refractivity contribution in [3.8, 4) is 5.75 Å². The Morgan fingerprint density at radius 2 is 2.14 bits per heavy atom. The summed E-state index contributed by atoms with van der Waals surface area (Å²) in [6, 6.07) is 7.07. The first-order valence-electron chi connectivity index (χ1n) is 6.30. The summed E-state index contributed by atoms with van der Waals surface area (Å²) in [5, 5.41) is 0.652. The van der Waals surface area contributed by atoms with E-state index in [1.807, 2.05) is 0 Å². The van der Waals surface area contributed by atoms with Crippen LogP contribution >= 0.6 is 11.6 Å². The van der Waals surface area contributed by atoms with E-state index in [0.29, 0.717) is 35.4 Å². The van der Waals surface area contributed by atoms with Gasteiger partial charge in [-0.05, 0) is 30.3 Å². The lowest BCUT2D eigenvalue weighted by Gasteiger charge is -2.10. The van der Waals surface area contributed by atoms with Gasteiger partial charge in [-0.1, -0.05) is 18.2 Å². The Morgan fingerprint density at radius 3 is 2.76 bits per heavy atom. The second-order valence-electron chi connectivity index (χ2n) is 4.15. The number of imidazole rings is 1. The number of esters is 1. The number of hydrogen-bond acceptors (Lipinski definition) is 4. The van der Waals surface area contributed by atoms with Crippen LogP contribution in [0.5, 0.6) is 5.75 Å². The number of aromatic nitrogens is 2. The maximum atomic E-state index is 11.7. The van der Waals surface area contributed by atoms with E-state index in [2.05, 4.69) is 11.6 Å². The molecule has 0 amide bonds. The number of carbonyl (C=O) groups is 1. The van der Waals surface area contributed by atoms with Gasteiger partial charge in [0.25, 0.3) is 0 Å². The van der Waals surface area contributed by atoms with Gasteiger partial charge in [0.15, 0.2) is 0 Å². The smallest absolute Gasteiger partial charge is 0.356 e. The van der Waals surface area contributed by atoms with Gasteiger partial charge in [-0.25, -0.2) is 9.78 Å². The van der Waals surface area contributed by atoms with Crippen molar-refractivity contribution in [3.05, 3.63) is 53.6 Å². The molecule has 6 heteroatoms. The van der Waals surface area contributed by atoms with Crippen molar-refractivity contribution in [2.75, 3.05) is 13.7 Å². The summed E-state index contributed by atoms with van der Waals surface area (Å²) in [5.74, 6) is 0.858. The molecule has 1 aromatic heterocycles. The van der Waals surface area contributed by atoms with E-state index >= 15 is 0 Å². The number of ether oxygens (including phenoxy) is 2. The third-order valence-corrected chi connectivity index (χ3v) is 3.11. The number of nitrogens with zero attached hydrogens (tertiary/aromatic N) is 2. The van der Waals surface area contributed by atoms with Gasteiger partial charge in [0.1, 0.15) is 23.9 Å². The SMILES string of the molecule is C=Cc1ncc(C(=O)OC)n1CCOc1ccc(Cl)cc1. The molecule has 2 rings (SSSR count). The highest BCUT2D eigenvalue weighted by atomic mass is 35.5. The molecule has 0 aliphatic rings. The summed E-state index contributed by atoms with van der Waals surface area (Å²) in [7, 11) is 1.33. The number of carbonyl (C=O) groups excluding carboxylic acids is 1. The number of benzene rings is 1. The molecule has 0 N–H and O–H groups in total. The van der Waals surface area contributed by atoms with Gasteiger partial charge >= 0.3 is 5.97 Å². The quantitative estimate of drug-likeness (QED) is 0.770. The second-order valence-corrected chi connectivity index (χ2v) is 4.59. The maximum absolute atomic E-state index is 11.7. The number of hydrogen-bond donors (Lipinski definition) is 0. The normalized spacial score (nSPS) is 10.2. The third-order valence-electron chi connectivity index (χ3n) is 2.86. The molecule has 21 heavy (non-hydrogen) atoms. The lowest BCUT2D eigenvalue weighted by molar-refractivity contribution is 0.0587. The van der Waals surface area contributed by atoms with Gasteiger partial charge in [-0.2, -0.15) is 0 Å². The monoisotopic (exact) mass is 306 g/mol. The Balaban J connectivity index is 2.05. The van der Waals surface area contributed by atoms with Crippen molar-refractivity contribution in [2.24, 2.45) is 0 Å². The highest BCUT2D eigenvalue weighted by Gasteiger charge is 2.15. The van der Waals surface area contributed by atoms with E-state index < -0.39 is 5.97 Å². The Bertz CT molecular complexity index is 635. The van der Waals surface area contributed by atoms with Crippen LogP contribution in [-0.4, -0.2) is 29.2 Å². The van der Waals surface area contributed by atoms with Crippen LogP contribution < -0.4 is 4.74 Å². The zero-order valence-electron chi connectivity index (χ0n) is 11.6. The Kier molecular flexibility index (Phi) is 5.00. The van der Waals surface area contributed by atoms with Crippen LogP contribution in [0.3, 0.4) is 0 Å². The molecule has 1 aromatic carbocycles. The third kappa shape index (κ3) is 3.64. The van der Waals surface area contributed by atoms with Crippen molar-refractivity contribution in [1.29, 1.82) is 0 Å². The molecule has 0 aliphatic carbocycles. The van der Waals surface area contributed by atoms with Crippen LogP contribution in [0.25, 0.3) is 6.08 Å². The summed E-state index contributed by atoms with van der Waals surface area (Å²) in [4.78, 5) is 15.8. The average Bonchev–Trinajstić information content (AvgIpc) is 2.91. The minimum Gasteiger partial charge on any atom is -0.492 e. The molecule has 0 unspecified atom stereocenters. The molecule has 0 saturated heterocycles. The zero-order chi connectivity index (χ0) is 15.2. The molecule has 2 aromatic rings. The van der Waals surface area contributed by atoms with E-state index in [1.165, 1.54) is 13.3 Å². The first-order chi connectivity index (χ1) is 10.2. The highest BCUT2D eigenvalue weighted by Crippen LogP contribution is 2.16. The lowest BCUT2D eigenvalue weighted by Crippen LogP contribution is -2.16. The molecule has 0 radical (unpaired) electrons. The summed E-state index contributed by atoms with van der Waals surface area (Å²) in [6.45, 7) is 4.51. The molecule has 0 bridgehead atoms. The zero-order valence-corrected chi connectivity index (χ0v) is 12.3.